The third-order valence-electron chi connectivity index (χ3n) is 4.16. The molecule has 0 saturated heterocycles. The summed E-state index contributed by atoms with van der Waals surface area (Å²) in [5.41, 5.74) is 3.97. The number of hydrogen-bond donors (Lipinski definition) is 1. The highest BCUT2D eigenvalue weighted by atomic mass is 32.1. The lowest BCUT2D eigenvalue weighted by atomic mass is 10.2. The van der Waals surface area contributed by atoms with E-state index in [1.807, 2.05) is 30.3 Å². The van der Waals surface area contributed by atoms with E-state index in [0.29, 0.717) is 0 Å². The van der Waals surface area contributed by atoms with Crippen molar-refractivity contribution in [3.8, 4) is 22.1 Å². The van der Waals surface area contributed by atoms with Gasteiger partial charge in [-0.25, -0.2) is 4.98 Å². The van der Waals surface area contributed by atoms with Crippen LogP contribution in [0.4, 0.5) is 11.5 Å². The molecule has 0 fully saturated rings. The highest BCUT2D eigenvalue weighted by Gasteiger charge is 2.17. The molecular formula is C19H15N3O2S. The van der Waals surface area contributed by atoms with E-state index in [1.54, 1.807) is 11.3 Å². The van der Waals surface area contributed by atoms with E-state index in [2.05, 4.69) is 40.4 Å². The van der Waals surface area contributed by atoms with Crippen molar-refractivity contribution in [1.29, 1.82) is 0 Å². The molecule has 1 aliphatic heterocycles. The van der Waals surface area contributed by atoms with Crippen LogP contribution in [-0.2, 0) is 0 Å². The van der Waals surface area contributed by atoms with E-state index >= 15 is 0 Å². The first-order chi connectivity index (χ1) is 12.3. The molecule has 124 valence electrons. The van der Waals surface area contributed by atoms with Gasteiger partial charge in [0.2, 0.25) is 6.79 Å². The zero-order chi connectivity index (χ0) is 16.8. The van der Waals surface area contributed by atoms with E-state index in [-0.39, 0.29) is 6.79 Å². The molecule has 0 amide bonds. The molecule has 0 bridgehead atoms. The minimum absolute atomic E-state index is 0.272. The van der Waals surface area contributed by atoms with Crippen molar-refractivity contribution < 1.29 is 9.47 Å². The Labute approximate surface area is 148 Å². The summed E-state index contributed by atoms with van der Waals surface area (Å²) in [4.78, 5) is 5.95. The molecule has 4 heterocycles. The van der Waals surface area contributed by atoms with Gasteiger partial charge in [-0.05, 0) is 42.1 Å². The number of nitrogens with one attached hydrogen (secondary N) is 1. The second-order valence-electron chi connectivity index (χ2n) is 5.91. The monoisotopic (exact) mass is 349 g/mol. The number of aryl methyl sites for hydroxylation is 1. The number of imidazole rings is 1. The number of ether oxygens (including phenoxy) is 2. The lowest BCUT2D eigenvalue weighted by molar-refractivity contribution is 0.174. The third-order valence-corrected chi connectivity index (χ3v) is 5.03. The van der Waals surface area contributed by atoms with Crippen LogP contribution in [0.3, 0.4) is 0 Å². The van der Waals surface area contributed by atoms with Gasteiger partial charge in [0.1, 0.15) is 17.2 Å². The lowest BCUT2D eigenvalue weighted by Gasteiger charge is -2.09. The summed E-state index contributed by atoms with van der Waals surface area (Å²) in [5.74, 6) is 2.48. The van der Waals surface area contributed by atoms with E-state index in [1.165, 1.54) is 5.56 Å². The van der Waals surface area contributed by atoms with E-state index in [9.17, 15) is 0 Å². The minimum Gasteiger partial charge on any atom is -0.454 e. The number of anilines is 2. The number of rotatable bonds is 3. The van der Waals surface area contributed by atoms with Gasteiger partial charge < -0.3 is 14.8 Å². The maximum Gasteiger partial charge on any atom is 0.231 e. The van der Waals surface area contributed by atoms with E-state index in [0.717, 1.165) is 39.2 Å². The minimum atomic E-state index is 0.272. The fourth-order valence-electron chi connectivity index (χ4n) is 2.97. The average molecular weight is 349 g/mol. The molecule has 1 aromatic carbocycles. The van der Waals surface area contributed by atoms with Crippen LogP contribution in [0.1, 0.15) is 5.56 Å². The van der Waals surface area contributed by atoms with Gasteiger partial charge in [-0.1, -0.05) is 12.1 Å². The van der Waals surface area contributed by atoms with Crippen molar-refractivity contribution in [3.05, 3.63) is 59.6 Å². The Kier molecular flexibility index (Phi) is 3.18. The normalized spacial score (nSPS) is 12.7. The fraction of sp³-hybridized carbons (Fsp3) is 0.105. The van der Waals surface area contributed by atoms with Crippen LogP contribution in [0.25, 0.3) is 16.2 Å². The zero-order valence-corrected chi connectivity index (χ0v) is 14.3. The van der Waals surface area contributed by atoms with Crippen LogP contribution in [-0.4, -0.2) is 16.2 Å². The van der Waals surface area contributed by atoms with Crippen molar-refractivity contribution in [2.24, 2.45) is 0 Å². The Morgan fingerprint density at radius 2 is 2.04 bits per heavy atom. The standard InChI is InChI=1S/C19H15N3O2S/c1-12-4-7-17-21-18(16-3-2-8-25-16)19(22(17)10-12)20-13-5-6-14-15(9-13)24-11-23-14/h2-10,20H,11H2,1H3. The van der Waals surface area contributed by atoms with Gasteiger partial charge in [-0.15, -0.1) is 11.3 Å². The Hall–Kier alpha value is -2.99. The van der Waals surface area contributed by atoms with Crippen LogP contribution in [0.5, 0.6) is 11.5 Å². The van der Waals surface area contributed by atoms with Crippen molar-refractivity contribution >= 4 is 28.5 Å². The van der Waals surface area contributed by atoms with Crippen LogP contribution >= 0.6 is 11.3 Å². The summed E-state index contributed by atoms with van der Waals surface area (Å²) in [6, 6.07) is 14.1. The molecule has 0 aliphatic carbocycles. The fourth-order valence-corrected chi connectivity index (χ4v) is 3.68. The molecule has 0 saturated carbocycles. The van der Waals surface area contributed by atoms with E-state index in [4.69, 9.17) is 14.5 Å². The molecule has 4 aromatic rings. The van der Waals surface area contributed by atoms with Crippen LogP contribution in [0.15, 0.2) is 54.0 Å². The molecule has 0 radical (unpaired) electrons. The average Bonchev–Trinajstić information content (AvgIpc) is 3.34. The topological polar surface area (TPSA) is 47.8 Å². The van der Waals surface area contributed by atoms with Crippen molar-refractivity contribution in [3.63, 3.8) is 0 Å². The first kappa shape index (κ1) is 14.4. The highest BCUT2D eigenvalue weighted by molar-refractivity contribution is 7.13. The maximum absolute atomic E-state index is 5.48. The van der Waals surface area contributed by atoms with Crippen molar-refractivity contribution in [2.75, 3.05) is 12.1 Å². The summed E-state index contributed by atoms with van der Waals surface area (Å²) < 4.78 is 13.0. The Morgan fingerprint density at radius 3 is 2.92 bits per heavy atom. The number of hydrogen-bond acceptors (Lipinski definition) is 5. The van der Waals surface area contributed by atoms with Gasteiger partial charge in [0.05, 0.1) is 4.88 Å². The summed E-state index contributed by atoms with van der Waals surface area (Å²) in [5, 5.41) is 5.58. The second kappa shape index (κ2) is 5.53. The molecule has 1 aliphatic rings. The molecule has 5 nitrogen and oxygen atoms in total. The van der Waals surface area contributed by atoms with Gasteiger partial charge in [-0.3, -0.25) is 4.40 Å². The van der Waals surface area contributed by atoms with Gasteiger partial charge in [0.15, 0.2) is 11.5 Å². The molecular weight excluding hydrogens is 334 g/mol. The van der Waals surface area contributed by atoms with Crippen LogP contribution in [0.2, 0.25) is 0 Å². The van der Waals surface area contributed by atoms with Gasteiger partial charge in [0.25, 0.3) is 0 Å². The quantitative estimate of drug-likeness (QED) is 0.575. The molecule has 5 rings (SSSR count). The Bertz CT molecular complexity index is 1070. The molecule has 0 atom stereocenters. The maximum atomic E-state index is 5.48. The number of aromatic nitrogens is 2. The lowest BCUT2D eigenvalue weighted by Crippen LogP contribution is -1.97. The van der Waals surface area contributed by atoms with E-state index < -0.39 is 0 Å². The predicted octanol–water partition coefficient (Wildman–Crippen LogP) is 4.84. The van der Waals surface area contributed by atoms with Crippen molar-refractivity contribution in [1.82, 2.24) is 9.38 Å². The first-order valence-electron chi connectivity index (χ1n) is 7.97. The molecule has 6 heteroatoms. The summed E-state index contributed by atoms with van der Waals surface area (Å²) in [7, 11) is 0. The molecule has 0 unspecified atom stereocenters. The summed E-state index contributed by atoms with van der Waals surface area (Å²) in [6.45, 7) is 2.35. The summed E-state index contributed by atoms with van der Waals surface area (Å²) >= 11 is 1.68. The molecule has 25 heavy (non-hydrogen) atoms. The Balaban J connectivity index is 1.66. The smallest absolute Gasteiger partial charge is 0.231 e. The zero-order valence-electron chi connectivity index (χ0n) is 13.5. The number of pyridine rings is 1. The van der Waals surface area contributed by atoms with Crippen LogP contribution < -0.4 is 14.8 Å². The van der Waals surface area contributed by atoms with Gasteiger partial charge >= 0.3 is 0 Å². The van der Waals surface area contributed by atoms with Gasteiger partial charge in [0, 0.05) is 18.0 Å². The summed E-state index contributed by atoms with van der Waals surface area (Å²) in [6.07, 6.45) is 2.09. The highest BCUT2D eigenvalue weighted by Crippen LogP contribution is 2.38. The van der Waals surface area contributed by atoms with Gasteiger partial charge in [-0.2, -0.15) is 0 Å². The van der Waals surface area contributed by atoms with Crippen LogP contribution in [0, 0.1) is 6.92 Å². The predicted molar refractivity (Wildman–Crippen MR) is 99.1 cm³/mol. The number of fused-ring (bicyclic) bond motifs is 2. The third kappa shape index (κ3) is 2.42. The molecule has 1 N–H and O–H groups in total. The Morgan fingerprint density at radius 1 is 1.12 bits per heavy atom. The molecule has 0 spiro atoms. The largest absolute Gasteiger partial charge is 0.454 e. The van der Waals surface area contributed by atoms with Crippen molar-refractivity contribution in [2.45, 2.75) is 6.92 Å². The number of benzene rings is 1. The second-order valence-corrected chi connectivity index (χ2v) is 6.86. The number of nitrogens with zero attached hydrogens (tertiary/aromatic N) is 2. The first-order valence-corrected chi connectivity index (χ1v) is 8.85. The molecule has 3 aromatic heterocycles. The SMILES string of the molecule is Cc1ccc2nc(-c3cccs3)c(Nc3ccc4c(c3)OCO4)n2c1. The number of thiophene rings is 1.